The van der Waals surface area contributed by atoms with Gasteiger partial charge in [0.15, 0.2) is 11.5 Å². The Bertz CT molecular complexity index is 1120. The molecule has 0 atom stereocenters. The molecule has 0 saturated heterocycles. The number of fused-ring (bicyclic) bond motifs is 2. The number of aryl methyl sites for hydroxylation is 1. The quantitative estimate of drug-likeness (QED) is 0.721. The summed E-state index contributed by atoms with van der Waals surface area (Å²) in [6.45, 7) is 1.55. The molecule has 0 fully saturated rings. The van der Waals surface area contributed by atoms with Crippen molar-refractivity contribution in [3.8, 4) is 11.5 Å². The van der Waals surface area contributed by atoms with Crippen molar-refractivity contribution < 1.29 is 18.7 Å². The summed E-state index contributed by atoms with van der Waals surface area (Å²) in [4.78, 5) is 17.7. The predicted molar refractivity (Wildman–Crippen MR) is 108 cm³/mol. The van der Waals surface area contributed by atoms with Gasteiger partial charge in [-0.25, -0.2) is 4.39 Å². The number of hydrogen-bond acceptors (Lipinski definition) is 3. The first-order valence-corrected chi connectivity index (χ1v) is 9.80. The maximum absolute atomic E-state index is 13.4. The van der Waals surface area contributed by atoms with Crippen LogP contribution in [0.4, 0.5) is 4.39 Å². The summed E-state index contributed by atoms with van der Waals surface area (Å²) in [6, 6.07) is 10.6. The minimum Gasteiger partial charge on any atom is -0.454 e. The summed E-state index contributed by atoms with van der Waals surface area (Å²) in [7, 11) is 0. The zero-order valence-electron chi connectivity index (χ0n) is 15.9. The largest absolute Gasteiger partial charge is 0.454 e. The molecule has 2 aliphatic heterocycles. The Labute approximate surface area is 167 Å². The molecule has 2 aliphatic rings. The number of ether oxygens (including phenoxy) is 2. The number of halogens is 1. The third kappa shape index (κ3) is 3.46. The van der Waals surface area contributed by atoms with Gasteiger partial charge in [0.05, 0.1) is 0 Å². The lowest BCUT2D eigenvalue weighted by Crippen LogP contribution is -2.34. The van der Waals surface area contributed by atoms with Gasteiger partial charge in [0.25, 0.3) is 0 Å². The molecular weight excluding hydrogens is 371 g/mol. The molecule has 0 spiro atoms. The maximum atomic E-state index is 13.4. The van der Waals surface area contributed by atoms with Crippen LogP contribution in [0.25, 0.3) is 16.5 Å². The number of carbonyl (C=O) groups is 1. The molecule has 1 N–H and O–H groups in total. The third-order valence-corrected chi connectivity index (χ3v) is 5.62. The van der Waals surface area contributed by atoms with Crippen LogP contribution in [0.1, 0.15) is 24.0 Å². The summed E-state index contributed by atoms with van der Waals surface area (Å²) >= 11 is 0. The smallest absolute Gasteiger partial charge is 0.231 e. The van der Waals surface area contributed by atoms with Crippen LogP contribution in [0.2, 0.25) is 0 Å². The maximum Gasteiger partial charge on any atom is 0.231 e. The minimum atomic E-state index is -0.247. The van der Waals surface area contributed by atoms with E-state index in [1.807, 2.05) is 29.3 Å². The first-order chi connectivity index (χ1) is 14.2. The highest BCUT2D eigenvalue weighted by atomic mass is 19.1. The molecule has 0 unspecified atom stereocenters. The highest BCUT2D eigenvalue weighted by Gasteiger charge is 2.20. The Morgan fingerprint density at radius 1 is 1.14 bits per heavy atom. The van der Waals surface area contributed by atoms with Gasteiger partial charge in [0.1, 0.15) is 5.82 Å². The summed E-state index contributed by atoms with van der Waals surface area (Å²) < 4.78 is 24.1. The van der Waals surface area contributed by atoms with E-state index in [1.165, 1.54) is 17.7 Å². The summed E-state index contributed by atoms with van der Waals surface area (Å²) in [6.07, 6.45) is 5.97. The third-order valence-electron chi connectivity index (χ3n) is 5.62. The molecule has 0 saturated carbocycles. The van der Waals surface area contributed by atoms with Gasteiger partial charge in [-0.2, -0.15) is 0 Å². The monoisotopic (exact) mass is 392 g/mol. The van der Waals surface area contributed by atoms with E-state index < -0.39 is 0 Å². The lowest BCUT2D eigenvalue weighted by Gasteiger charge is -2.26. The van der Waals surface area contributed by atoms with Crippen molar-refractivity contribution in [2.24, 2.45) is 0 Å². The molecule has 29 heavy (non-hydrogen) atoms. The molecule has 0 bridgehead atoms. The van der Waals surface area contributed by atoms with Crippen molar-refractivity contribution in [1.29, 1.82) is 0 Å². The van der Waals surface area contributed by atoms with Crippen LogP contribution in [-0.4, -0.2) is 35.7 Å². The summed E-state index contributed by atoms with van der Waals surface area (Å²) in [5, 5.41) is 1.01. The highest BCUT2D eigenvalue weighted by Crippen LogP contribution is 2.33. The van der Waals surface area contributed by atoms with E-state index in [9.17, 15) is 9.18 Å². The van der Waals surface area contributed by atoms with Crippen molar-refractivity contribution in [2.45, 2.75) is 19.3 Å². The number of hydrogen-bond donors (Lipinski definition) is 1. The zero-order chi connectivity index (χ0) is 19.8. The first-order valence-electron chi connectivity index (χ1n) is 9.80. The van der Waals surface area contributed by atoms with Gasteiger partial charge in [0, 0.05) is 42.2 Å². The van der Waals surface area contributed by atoms with Crippen LogP contribution >= 0.6 is 0 Å². The van der Waals surface area contributed by atoms with Crippen molar-refractivity contribution in [3.63, 3.8) is 0 Å². The average Bonchev–Trinajstić information content (AvgIpc) is 3.38. The number of amides is 1. The van der Waals surface area contributed by atoms with Crippen LogP contribution in [0.5, 0.6) is 11.5 Å². The molecule has 2 aromatic carbocycles. The van der Waals surface area contributed by atoms with Crippen LogP contribution in [0.15, 0.2) is 48.7 Å². The molecule has 3 aromatic rings. The molecular formula is C23H21FN2O3. The van der Waals surface area contributed by atoms with E-state index in [-0.39, 0.29) is 18.5 Å². The topological polar surface area (TPSA) is 54.6 Å². The number of aromatic amines is 1. The van der Waals surface area contributed by atoms with Crippen LogP contribution < -0.4 is 9.47 Å². The van der Waals surface area contributed by atoms with E-state index in [0.29, 0.717) is 25.9 Å². The Balaban J connectivity index is 1.22. The molecule has 6 heteroatoms. The molecule has 148 valence electrons. The molecule has 3 heterocycles. The number of H-pyrrole nitrogens is 1. The van der Waals surface area contributed by atoms with Gasteiger partial charge in [-0.15, -0.1) is 0 Å². The summed E-state index contributed by atoms with van der Waals surface area (Å²) in [5.74, 6) is 1.41. The fourth-order valence-corrected chi connectivity index (χ4v) is 4.01. The second-order valence-corrected chi connectivity index (χ2v) is 7.40. The minimum absolute atomic E-state index is 0.152. The molecule has 0 aliphatic carbocycles. The van der Waals surface area contributed by atoms with Crippen molar-refractivity contribution in [2.75, 3.05) is 19.9 Å². The molecule has 1 aromatic heterocycles. The first kappa shape index (κ1) is 17.8. The van der Waals surface area contributed by atoms with Crippen molar-refractivity contribution >= 4 is 22.4 Å². The fraction of sp³-hybridized carbons (Fsp3) is 0.261. The molecule has 1 amide bonds. The van der Waals surface area contributed by atoms with Gasteiger partial charge in [-0.05, 0) is 54.3 Å². The van der Waals surface area contributed by atoms with Gasteiger partial charge in [-0.1, -0.05) is 12.1 Å². The second kappa shape index (κ2) is 7.28. The Hall–Kier alpha value is -3.28. The number of benzene rings is 2. The van der Waals surface area contributed by atoms with Gasteiger partial charge in [0.2, 0.25) is 12.7 Å². The van der Waals surface area contributed by atoms with Gasteiger partial charge in [-0.3, -0.25) is 4.79 Å². The van der Waals surface area contributed by atoms with E-state index in [0.717, 1.165) is 39.9 Å². The standard InChI is InChI=1S/C23H21FN2O3/c24-17-3-4-18-19(13-25-20(18)12-17)16-7-9-26(10-8-16)23(27)6-2-15-1-5-21-22(11-15)29-14-28-21/h1,3-5,7,11-13,25H,2,6,8-10,14H2. The second-order valence-electron chi connectivity index (χ2n) is 7.40. The lowest BCUT2D eigenvalue weighted by atomic mass is 9.98. The fourth-order valence-electron chi connectivity index (χ4n) is 4.01. The SMILES string of the molecule is O=C(CCc1ccc2c(c1)OCO2)N1CC=C(c2c[nH]c3cc(F)ccc23)CC1. The van der Waals surface area contributed by atoms with Gasteiger partial charge < -0.3 is 19.4 Å². The summed E-state index contributed by atoms with van der Waals surface area (Å²) in [5.41, 5.74) is 4.15. The number of aromatic nitrogens is 1. The van der Waals surface area contributed by atoms with Crippen molar-refractivity contribution in [1.82, 2.24) is 9.88 Å². The van der Waals surface area contributed by atoms with Crippen LogP contribution in [0.3, 0.4) is 0 Å². The number of nitrogens with zero attached hydrogens (tertiary/aromatic N) is 1. The highest BCUT2D eigenvalue weighted by molar-refractivity contribution is 5.93. The number of rotatable bonds is 4. The van der Waals surface area contributed by atoms with Crippen LogP contribution in [-0.2, 0) is 11.2 Å². The average molecular weight is 392 g/mol. The molecule has 0 radical (unpaired) electrons. The Morgan fingerprint density at radius 2 is 2.03 bits per heavy atom. The van der Waals surface area contributed by atoms with Gasteiger partial charge >= 0.3 is 0 Å². The lowest BCUT2D eigenvalue weighted by molar-refractivity contribution is -0.130. The number of carbonyl (C=O) groups excluding carboxylic acids is 1. The van der Waals surface area contributed by atoms with Crippen molar-refractivity contribution in [3.05, 3.63) is 65.6 Å². The Kier molecular flexibility index (Phi) is 4.46. The zero-order valence-corrected chi connectivity index (χ0v) is 15.9. The molecule has 5 rings (SSSR count). The predicted octanol–water partition coefficient (Wildman–Crippen LogP) is 4.28. The van der Waals surface area contributed by atoms with E-state index in [1.54, 1.807) is 6.07 Å². The van der Waals surface area contributed by atoms with Crippen LogP contribution in [0, 0.1) is 5.82 Å². The molecule has 5 nitrogen and oxygen atoms in total. The van der Waals surface area contributed by atoms with E-state index in [4.69, 9.17) is 9.47 Å². The van der Waals surface area contributed by atoms with E-state index in [2.05, 4.69) is 11.1 Å². The van der Waals surface area contributed by atoms with E-state index >= 15 is 0 Å². The Morgan fingerprint density at radius 3 is 2.90 bits per heavy atom. The number of nitrogens with one attached hydrogen (secondary N) is 1. The normalized spacial score (nSPS) is 15.6.